The number of hydrogen-bond donors (Lipinski definition) is 2. The molecule has 5 heteroatoms. The highest BCUT2D eigenvalue weighted by molar-refractivity contribution is 7.80. The summed E-state index contributed by atoms with van der Waals surface area (Å²) in [6.07, 6.45) is 2.47. The number of anilines is 2. The van der Waals surface area contributed by atoms with Crippen LogP contribution in [0.1, 0.15) is 36.8 Å². The molecule has 3 aromatic carbocycles. The number of piperidine rings is 1. The van der Waals surface area contributed by atoms with Gasteiger partial charge in [-0.1, -0.05) is 67.6 Å². The zero-order valence-corrected chi connectivity index (χ0v) is 19.1. The first kappa shape index (κ1) is 22.0. The molecular formula is C27H29N3OS. The molecule has 1 heterocycles. The van der Waals surface area contributed by atoms with E-state index < -0.39 is 5.92 Å². The summed E-state index contributed by atoms with van der Waals surface area (Å²) in [6.45, 7) is 4.52. The number of benzene rings is 3. The van der Waals surface area contributed by atoms with E-state index in [1.807, 2.05) is 72.8 Å². The van der Waals surface area contributed by atoms with Crippen molar-refractivity contribution in [1.82, 2.24) is 5.32 Å². The third-order valence-corrected chi connectivity index (χ3v) is 6.24. The maximum atomic E-state index is 13.2. The van der Waals surface area contributed by atoms with Crippen molar-refractivity contribution in [3.05, 3.63) is 96.1 Å². The highest BCUT2D eigenvalue weighted by atomic mass is 32.1. The average molecular weight is 444 g/mol. The van der Waals surface area contributed by atoms with Crippen LogP contribution in [-0.4, -0.2) is 24.1 Å². The molecule has 32 heavy (non-hydrogen) atoms. The van der Waals surface area contributed by atoms with Crippen LogP contribution in [0.2, 0.25) is 0 Å². The van der Waals surface area contributed by atoms with Crippen molar-refractivity contribution < 1.29 is 4.79 Å². The predicted octanol–water partition coefficient (Wildman–Crippen LogP) is 5.57. The van der Waals surface area contributed by atoms with Crippen molar-refractivity contribution in [3.8, 4) is 0 Å². The lowest BCUT2D eigenvalue weighted by Crippen LogP contribution is -2.37. The summed E-state index contributed by atoms with van der Waals surface area (Å²) in [5.41, 5.74) is 3.95. The van der Waals surface area contributed by atoms with Crippen LogP contribution in [0.5, 0.6) is 0 Å². The number of carbonyl (C=O) groups excluding carboxylic acids is 1. The van der Waals surface area contributed by atoms with E-state index in [4.69, 9.17) is 12.2 Å². The molecule has 0 unspecified atom stereocenters. The fourth-order valence-corrected chi connectivity index (χ4v) is 4.37. The third-order valence-electron chi connectivity index (χ3n) is 6.04. The highest BCUT2D eigenvalue weighted by Crippen LogP contribution is 2.26. The molecule has 4 rings (SSSR count). The van der Waals surface area contributed by atoms with E-state index in [-0.39, 0.29) is 5.91 Å². The first-order valence-electron chi connectivity index (χ1n) is 11.2. The maximum absolute atomic E-state index is 13.2. The minimum absolute atomic E-state index is 0.154. The lowest BCUT2D eigenvalue weighted by molar-refractivity contribution is -0.120. The Balaban J connectivity index is 1.41. The number of nitrogens with zero attached hydrogens (tertiary/aromatic N) is 1. The summed E-state index contributed by atoms with van der Waals surface area (Å²) in [5.74, 6) is 0.226. The molecule has 0 aliphatic carbocycles. The van der Waals surface area contributed by atoms with Gasteiger partial charge in [-0.3, -0.25) is 4.79 Å². The fourth-order valence-electron chi connectivity index (χ4n) is 4.15. The fraction of sp³-hybridized carbons (Fsp3) is 0.259. The van der Waals surface area contributed by atoms with Gasteiger partial charge >= 0.3 is 0 Å². The normalized spacial score (nSPS) is 14.2. The van der Waals surface area contributed by atoms with Crippen LogP contribution in [0.15, 0.2) is 84.9 Å². The van der Waals surface area contributed by atoms with Crippen LogP contribution < -0.4 is 15.5 Å². The van der Waals surface area contributed by atoms with Crippen LogP contribution in [0.25, 0.3) is 0 Å². The first-order chi connectivity index (χ1) is 15.6. The number of hydrogen-bond acceptors (Lipinski definition) is 3. The summed E-state index contributed by atoms with van der Waals surface area (Å²) in [4.78, 5) is 15.6. The van der Waals surface area contributed by atoms with Crippen molar-refractivity contribution in [3.63, 3.8) is 0 Å². The SMILES string of the molecule is CC1CCN(c2ccc(NC(=S)NC(=O)C(c3ccccc3)c3ccccc3)cc2)CC1. The van der Waals surface area contributed by atoms with E-state index in [0.29, 0.717) is 5.11 Å². The molecule has 0 spiro atoms. The summed E-state index contributed by atoms with van der Waals surface area (Å²) in [6, 6.07) is 27.8. The number of thiocarbonyl (C=S) groups is 1. The van der Waals surface area contributed by atoms with Crippen molar-refractivity contribution >= 4 is 34.6 Å². The number of amides is 1. The van der Waals surface area contributed by atoms with Gasteiger partial charge in [0.05, 0.1) is 5.92 Å². The van der Waals surface area contributed by atoms with Gasteiger partial charge in [0.1, 0.15) is 0 Å². The topological polar surface area (TPSA) is 44.4 Å². The Morgan fingerprint density at radius 1 is 0.875 bits per heavy atom. The van der Waals surface area contributed by atoms with E-state index >= 15 is 0 Å². The van der Waals surface area contributed by atoms with E-state index in [1.54, 1.807) is 0 Å². The standard InChI is InChI=1S/C27H29N3OS/c1-20-16-18-30(19-17-20)24-14-12-23(13-15-24)28-27(32)29-26(31)25(21-8-4-2-5-9-21)22-10-6-3-7-11-22/h2-15,20,25H,16-19H2,1H3,(H2,28,29,31,32). The average Bonchev–Trinajstić information content (AvgIpc) is 2.82. The zero-order valence-electron chi connectivity index (χ0n) is 18.3. The van der Waals surface area contributed by atoms with Crippen molar-refractivity contribution in [1.29, 1.82) is 0 Å². The van der Waals surface area contributed by atoms with Crippen LogP contribution in [0.4, 0.5) is 11.4 Å². The summed E-state index contributed by atoms with van der Waals surface area (Å²) >= 11 is 5.45. The molecule has 0 bridgehead atoms. The quantitative estimate of drug-likeness (QED) is 0.506. The van der Waals surface area contributed by atoms with Crippen LogP contribution in [0, 0.1) is 5.92 Å². The lowest BCUT2D eigenvalue weighted by atomic mass is 9.90. The van der Waals surface area contributed by atoms with Gasteiger partial charge in [-0.25, -0.2) is 0 Å². The van der Waals surface area contributed by atoms with Crippen molar-refractivity contribution in [2.24, 2.45) is 5.92 Å². The molecule has 1 amide bonds. The molecule has 2 N–H and O–H groups in total. The second-order valence-corrected chi connectivity index (χ2v) is 8.82. The molecule has 164 valence electrons. The van der Waals surface area contributed by atoms with Crippen molar-refractivity contribution in [2.75, 3.05) is 23.3 Å². The number of carbonyl (C=O) groups is 1. The second-order valence-electron chi connectivity index (χ2n) is 8.41. The van der Waals surface area contributed by atoms with E-state index in [0.717, 1.165) is 35.8 Å². The molecule has 0 saturated carbocycles. The molecule has 0 radical (unpaired) electrons. The Bertz CT molecular complexity index is 990. The van der Waals surface area contributed by atoms with Gasteiger partial charge in [-0.15, -0.1) is 0 Å². The van der Waals surface area contributed by atoms with Crippen LogP contribution in [-0.2, 0) is 4.79 Å². The van der Waals surface area contributed by atoms with Crippen molar-refractivity contribution in [2.45, 2.75) is 25.7 Å². The molecule has 4 nitrogen and oxygen atoms in total. The van der Waals surface area contributed by atoms with Gasteiger partial charge < -0.3 is 15.5 Å². The van der Waals surface area contributed by atoms with Crippen LogP contribution in [0.3, 0.4) is 0 Å². The maximum Gasteiger partial charge on any atom is 0.238 e. The van der Waals surface area contributed by atoms with E-state index in [2.05, 4.69) is 34.6 Å². The Kier molecular flexibility index (Phi) is 7.17. The number of nitrogens with one attached hydrogen (secondary N) is 2. The van der Waals surface area contributed by atoms with Gasteiger partial charge in [0.15, 0.2) is 5.11 Å². The van der Waals surface area contributed by atoms with E-state index in [1.165, 1.54) is 18.5 Å². The van der Waals surface area contributed by atoms with Gasteiger partial charge in [-0.05, 0) is 66.4 Å². The van der Waals surface area contributed by atoms with E-state index in [9.17, 15) is 4.79 Å². The first-order valence-corrected chi connectivity index (χ1v) is 11.6. The molecule has 1 aliphatic rings. The minimum Gasteiger partial charge on any atom is -0.372 e. The third kappa shape index (κ3) is 5.54. The Morgan fingerprint density at radius 3 is 1.94 bits per heavy atom. The molecule has 3 aromatic rings. The van der Waals surface area contributed by atoms with Gasteiger partial charge in [-0.2, -0.15) is 0 Å². The summed E-state index contributed by atoms with van der Waals surface area (Å²) in [7, 11) is 0. The monoisotopic (exact) mass is 443 g/mol. The van der Waals surface area contributed by atoms with Gasteiger partial charge in [0, 0.05) is 24.5 Å². The van der Waals surface area contributed by atoms with Crippen LogP contribution >= 0.6 is 12.2 Å². The Labute approximate surface area is 195 Å². The molecule has 0 aromatic heterocycles. The smallest absolute Gasteiger partial charge is 0.238 e. The molecule has 0 atom stereocenters. The Morgan fingerprint density at radius 2 is 1.41 bits per heavy atom. The predicted molar refractivity (Wildman–Crippen MR) is 136 cm³/mol. The zero-order chi connectivity index (χ0) is 22.3. The Hall–Kier alpha value is -3.18. The largest absolute Gasteiger partial charge is 0.372 e. The highest BCUT2D eigenvalue weighted by Gasteiger charge is 2.23. The van der Waals surface area contributed by atoms with Gasteiger partial charge in [0.2, 0.25) is 5.91 Å². The van der Waals surface area contributed by atoms with Gasteiger partial charge in [0.25, 0.3) is 0 Å². The number of rotatable bonds is 5. The second kappa shape index (κ2) is 10.4. The molecule has 1 aliphatic heterocycles. The molecular weight excluding hydrogens is 414 g/mol. The summed E-state index contributed by atoms with van der Waals surface area (Å²) in [5, 5.41) is 6.33. The molecule has 1 saturated heterocycles. The molecule has 1 fully saturated rings. The minimum atomic E-state index is -0.430. The lowest BCUT2D eigenvalue weighted by Gasteiger charge is -2.32. The summed E-state index contributed by atoms with van der Waals surface area (Å²) < 4.78 is 0.